The predicted octanol–water partition coefficient (Wildman–Crippen LogP) is 3.25. The molecule has 0 spiro atoms. The predicted molar refractivity (Wildman–Crippen MR) is 86.8 cm³/mol. The van der Waals surface area contributed by atoms with Crippen molar-refractivity contribution in [1.29, 1.82) is 0 Å². The molecule has 3 aromatic rings. The molecule has 120 valence electrons. The monoisotopic (exact) mass is 322 g/mol. The summed E-state index contributed by atoms with van der Waals surface area (Å²) >= 11 is 0. The highest BCUT2D eigenvalue weighted by atomic mass is 16.7. The van der Waals surface area contributed by atoms with Gasteiger partial charge in [0, 0.05) is 23.4 Å². The average Bonchev–Trinajstić information content (AvgIpc) is 3.24. The minimum atomic E-state index is -0.179. The Morgan fingerprint density at radius 3 is 2.75 bits per heavy atom. The van der Waals surface area contributed by atoms with Gasteiger partial charge in [0.1, 0.15) is 0 Å². The van der Waals surface area contributed by atoms with Crippen molar-refractivity contribution in [3.8, 4) is 22.8 Å². The third kappa shape index (κ3) is 2.94. The van der Waals surface area contributed by atoms with Crippen LogP contribution in [0.4, 0.5) is 5.69 Å². The normalized spacial score (nSPS) is 12.2. The molecular formula is C18H14N2O4. The van der Waals surface area contributed by atoms with E-state index in [1.807, 2.05) is 30.3 Å². The maximum absolute atomic E-state index is 12.2. The lowest BCUT2D eigenvalue weighted by atomic mass is 10.1. The van der Waals surface area contributed by atoms with Gasteiger partial charge in [-0.25, -0.2) is 0 Å². The van der Waals surface area contributed by atoms with E-state index in [0.29, 0.717) is 28.6 Å². The number of carbonyl (C=O) groups excluding carboxylic acids is 1. The van der Waals surface area contributed by atoms with Crippen LogP contribution in [-0.2, 0) is 11.2 Å². The van der Waals surface area contributed by atoms with E-state index in [-0.39, 0.29) is 19.1 Å². The summed E-state index contributed by atoms with van der Waals surface area (Å²) in [5, 5.41) is 6.76. The molecule has 24 heavy (non-hydrogen) atoms. The number of amides is 1. The summed E-state index contributed by atoms with van der Waals surface area (Å²) in [5.41, 5.74) is 2.15. The smallest absolute Gasteiger partial charge is 0.231 e. The standard InChI is InChI=1S/C18H14N2O4/c21-18(19-13-6-7-15-17(8-13)23-11-22-15)10-14-9-16(24-20-14)12-4-2-1-3-5-12/h1-9H,10-11H2,(H,19,21). The molecule has 1 amide bonds. The number of carbonyl (C=O) groups is 1. The summed E-state index contributed by atoms with van der Waals surface area (Å²) in [6.07, 6.45) is 0.130. The number of hydrogen-bond acceptors (Lipinski definition) is 5. The Hall–Kier alpha value is -3.28. The van der Waals surface area contributed by atoms with Crippen LogP contribution in [0.15, 0.2) is 59.1 Å². The number of hydrogen-bond donors (Lipinski definition) is 1. The van der Waals surface area contributed by atoms with Gasteiger partial charge in [-0.3, -0.25) is 4.79 Å². The molecule has 1 aromatic heterocycles. The highest BCUT2D eigenvalue weighted by Crippen LogP contribution is 2.34. The van der Waals surface area contributed by atoms with Gasteiger partial charge < -0.3 is 19.3 Å². The van der Waals surface area contributed by atoms with Gasteiger partial charge >= 0.3 is 0 Å². The van der Waals surface area contributed by atoms with Gasteiger partial charge in [-0.1, -0.05) is 35.5 Å². The fraction of sp³-hybridized carbons (Fsp3) is 0.111. The van der Waals surface area contributed by atoms with Crippen LogP contribution < -0.4 is 14.8 Å². The second kappa shape index (κ2) is 6.08. The number of ether oxygens (including phenoxy) is 2. The van der Waals surface area contributed by atoms with Crippen LogP contribution >= 0.6 is 0 Å². The van der Waals surface area contributed by atoms with Crippen molar-refractivity contribution in [3.63, 3.8) is 0 Å². The number of aromatic nitrogens is 1. The van der Waals surface area contributed by atoms with E-state index in [4.69, 9.17) is 14.0 Å². The number of nitrogens with one attached hydrogen (secondary N) is 1. The number of anilines is 1. The summed E-state index contributed by atoms with van der Waals surface area (Å²) in [4.78, 5) is 12.2. The second-order valence-electron chi connectivity index (χ2n) is 5.34. The first-order valence-corrected chi connectivity index (χ1v) is 7.48. The SMILES string of the molecule is O=C(Cc1cc(-c2ccccc2)on1)Nc1ccc2c(c1)OCO2. The Balaban J connectivity index is 1.42. The lowest BCUT2D eigenvalue weighted by Gasteiger charge is -2.04. The quantitative estimate of drug-likeness (QED) is 0.798. The van der Waals surface area contributed by atoms with Crippen LogP contribution in [-0.4, -0.2) is 17.9 Å². The molecule has 2 aromatic carbocycles. The molecule has 0 saturated heterocycles. The number of fused-ring (bicyclic) bond motifs is 1. The number of nitrogens with zero attached hydrogens (tertiary/aromatic N) is 1. The summed E-state index contributed by atoms with van der Waals surface area (Å²) in [6.45, 7) is 0.202. The van der Waals surface area contributed by atoms with Crippen LogP contribution in [0, 0.1) is 0 Å². The molecule has 6 heteroatoms. The highest BCUT2D eigenvalue weighted by molar-refractivity contribution is 5.92. The summed E-state index contributed by atoms with van der Waals surface area (Å²) in [7, 11) is 0. The van der Waals surface area contributed by atoms with Crippen molar-refractivity contribution in [1.82, 2.24) is 5.16 Å². The van der Waals surface area contributed by atoms with E-state index in [2.05, 4.69) is 10.5 Å². The second-order valence-corrected chi connectivity index (χ2v) is 5.34. The maximum atomic E-state index is 12.2. The van der Waals surface area contributed by atoms with Crippen molar-refractivity contribution >= 4 is 11.6 Å². The van der Waals surface area contributed by atoms with Gasteiger partial charge in [-0.2, -0.15) is 0 Å². The Kier molecular flexibility index (Phi) is 3.63. The highest BCUT2D eigenvalue weighted by Gasteiger charge is 2.15. The van der Waals surface area contributed by atoms with Crippen molar-refractivity contribution < 1.29 is 18.8 Å². The van der Waals surface area contributed by atoms with Gasteiger partial charge in [0.25, 0.3) is 0 Å². The zero-order valence-electron chi connectivity index (χ0n) is 12.7. The van der Waals surface area contributed by atoms with Crippen molar-refractivity contribution in [2.45, 2.75) is 6.42 Å². The van der Waals surface area contributed by atoms with E-state index in [1.165, 1.54) is 0 Å². The van der Waals surface area contributed by atoms with Crippen LogP contribution in [0.1, 0.15) is 5.69 Å². The van der Waals surface area contributed by atoms with Gasteiger partial charge in [0.2, 0.25) is 12.7 Å². The summed E-state index contributed by atoms with van der Waals surface area (Å²) in [6, 6.07) is 16.7. The molecule has 4 rings (SSSR count). The first-order chi connectivity index (χ1) is 11.8. The van der Waals surface area contributed by atoms with Crippen molar-refractivity contribution in [2.24, 2.45) is 0 Å². The van der Waals surface area contributed by atoms with Crippen LogP contribution in [0.5, 0.6) is 11.5 Å². The summed E-state index contributed by atoms with van der Waals surface area (Å²) < 4.78 is 15.8. The fourth-order valence-electron chi connectivity index (χ4n) is 2.48. The van der Waals surface area contributed by atoms with E-state index in [9.17, 15) is 4.79 Å². The number of rotatable bonds is 4. The molecular weight excluding hydrogens is 308 g/mol. The molecule has 0 fully saturated rings. The zero-order valence-corrected chi connectivity index (χ0v) is 12.7. The zero-order chi connectivity index (χ0) is 16.4. The van der Waals surface area contributed by atoms with E-state index in [0.717, 1.165) is 5.56 Å². The Morgan fingerprint density at radius 2 is 1.88 bits per heavy atom. The Bertz CT molecular complexity index is 874. The first kappa shape index (κ1) is 14.3. The first-order valence-electron chi connectivity index (χ1n) is 7.48. The average molecular weight is 322 g/mol. The third-order valence-electron chi connectivity index (χ3n) is 3.62. The molecule has 6 nitrogen and oxygen atoms in total. The molecule has 2 heterocycles. The Labute approximate surface area is 138 Å². The van der Waals surface area contributed by atoms with Crippen LogP contribution in [0.3, 0.4) is 0 Å². The third-order valence-corrected chi connectivity index (χ3v) is 3.62. The topological polar surface area (TPSA) is 73.6 Å². The van der Waals surface area contributed by atoms with Gasteiger partial charge in [-0.05, 0) is 12.1 Å². The van der Waals surface area contributed by atoms with Crippen molar-refractivity contribution in [2.75, 3.05) is 12.1 Å². The minimum absolute atomic E-state index is 0.130. The van der Waals surface area contributed by atoms with Gasteiger partial charge in [0.15, 0.2) is 17.3 Å². The molecule has 1 N–H and O–H groups in total. The van der Waals surface area contributed by atoms with Gasteiger partial charge in [0.05, 0.1) is 12.1 Å². The molecule has 1 aliphatic heterocycles. The molecule has 1 aliphatic rings. The van der Waals surface area contributed by atoms with E-state index < -0.39 is 0 Å². The van der Waals surface area contributed by atoms with Gasteiger partial charge in [-0.15, -0.1) is 0 Å². The largest absolute Gasteiger partial charge is 0.454 e. The molecule has 0 atom stereocenters. The summed E-state index contributed by atoms with van der Waals surface area (Å²) in [5.74, 6) is 1.76. The Morgan fingerprint density at radius 1 is 1.04 bits per heavy atom. The molecule has 0 aliphatic carbocycles. The molecule has 0 unspecified atom stereocenters. The minimum Gasteiger partial charge on any atom is -0.454 e. The maximum Gasteiger partial charge on any atom is 0.231 e. The lowest BCUT2D eigenvalue weighted by molar-refractivity contribution is -0.115. The van der Waals surface area contributed by atoms with E-state index in [1.54, 1.807) is 24.3 Å². The molecule has 0 bridgehead atoms. The number of benzene rings is 2. The molecule has 0 saturated carbocycles. The van der Waals surface area contributed by atoms with Crippen molar-refractivity contribution in [3.05, 3.63) is 60.3 Å². The fourth-order valence-corrected chi connectivity index (χ4v) is 2.48. The van der Waals surface area contributed by atoms with E-state index >= 15 is 0 Å². The van der Waals surface area contributed by atoms with Crippen LogP contribution in [0.2, 0.25) is 0 Å². The van der Waals surface area contributed by atoms with Crippen LogP contribution in [0.25, 0.3) is 11.3 Å². The molecule has 0 radical (unpaired) electrons. The lowest BCUT2D eigenvalue weighted by Crippen LogP contribution is -2.14.